The Morgan fingerprint density at radius 3 is 2.50 bits per heavy atom. The number of pyridine rings is 2. The third kappa shape index (κ3) is 4.90. The summed E-state index contributed by atoms with van der Waals surface area (Å²) < 4.78 is 43.2. The molecular weight excluding hydrogens is 447 g/mol. The molecule has 10 heteroatoms. The van der Waals surface area contributed by atoms with Gasteiger partial charge in [0.05, 0.1) is 16.9 Å². The number of amides is 1. The highest BCUT2D eigenvalue weighted by Gasteiger charge is 2.36. The van der Waals surface area contributed by atoms with E-state index in [0.717, 1.165) is 10.7 Å². The summed E-state index contributed by atoms with van der Waals surface area (Å²) >= 11 is 0. The van der Waals surface area contributed by atoms with E-state index in [9.17, 15) is 22.8 Å². The van der Waals surface area contributed by atoms with Crippen molar-refractivity contribution in [3.05, 3.63) is 100 Å². The number of aromatic nitrogens is 4. The van der Waals surface area contributed by atoms with Crippen LogP contribution in [0.5, 0.6) is 0 Å². The van der Waals surface area contributed by atoms with Crippen LogP contribution in [0.1, 0.15) is 28.5 Å². The third-order valence-electron chi connectivity index (χ3n) is 5.18. The van der Waals surface area contributed by atoms with Gasteiger partial charge in [0.25, 0.3) is 11.5 Å². The fourth-order valence-corrected chi connectivity index (χ4v) is 3.39. The minimum absolute atomic E-state index is 0.158. The molecule has 0 saturated heterocycles. The fourth-order valence-electron chi connectivity index (χ4n) is 3.39. The van der Waals surface area contributed by atoms with Crippen LogP contribution in [-0.4, -0.2) is 25.2 Å². The summed E-state index contributed by atoms with van der Waals surface area (Å²) in [5, 5.41) is 6.89. The maximum Gasteiger partial charge on any atom is 0.433 e. The van der Waals surface area contributed by atoms with E-state index in [4.69, 9.17) is 0 Å². The van der Waals surface area contributed by atoms with Crippen LogP contribution in [-0.2, 0) is 19.3 Å². The average Bonchev–Trinajstić information content (AvgIpc) is 3.30. The minimum atomic E-state index is -4.60. The van der Waals surface area contributed by atoms with Crippen LogP contribution < -0.4 is 10.9 Å². The first-order valence-corrected chi connectivity index (χ1v) is 10.4. The first-order chi connectivity index (χ1) is 16.3. The molecule has 0 fully saturated rings. The lowest BCUT2D eigenvalue weighted by molar-refractivity contribution is -0.142. The van der Waals surface area contributed by atoms with Crippen LogP contribution in [0.25, 0.3) is 16.9 Å². The van der Waals surface area contributed by atoms with Crippen LogP contribution in [0.4, 0.5) is 13.2 Å². The van der Waals surface area contributed by atoms with Gasteiger partial charge in [-0.3, -0.25) is 14.6 Å². The van der Waals surface area contributed by atoms with E-state index in [-0.39, 0.29) is 29.4 Å². The van der Waals surface area contributed by atoms with Gasteiger partial charge in [-0.15, -0.1) is 0 Å². The van der Waals surface area contributed by atoms with Gasteiger partial charge in [-0.25, -0.2) is 4.68 Å². The summed E-state index contributed by atoms with van der Waals surface area (Å²) in [6.45, 7) is 2.40. The van der Waals surface area contributed by atoms with E-state index in [1.165, 1.54) is 47.4 Å². The molecule has 34 heavy (non-hydrogen) atoms. The second-order valence-electron chi connectivity index (χ2n) is 7.46. The molecule has 0 bridgehead atoms. The maximum absolute atomic E-state index is 13.6. The third-order valence-corrected chi connectivity index (χ3v) is 5.18. The van der Waals surface area contributed by atoms with Gasteiger partial charge in [-0.2, -0.15) is 18.3 Å². The second kappa shape index (κ2) is 9.34. The highest BCUT2D eigenvalue weighted by Crippen LogP contribution is 2.34. The predicted molar refractivity (Wildman–Crippen MR) is 119 cm³/mol. The van der Waals surface area contributed by atoms with Crippen molar-refractivity contribution in [2.24, 2.45) is 0 Å². The lowest BCUT2D eigenvalue weighted by atomic mass is 10.2. The van der Waals surface area contributed by atoms with Crippen molar-refractivity contribution in [3.8, 4) is 16.9 Å². The molecule has 4 rings (SSSR count). The molecule has 0 aliphatic carbocycles. The molecule has 1 amide bonds. The molecule has 3 aromatic heterocycles. The van der Waals surface area contributed by atoms with Gasteiger partial charge in [0, 0.05) is 43.3 Å². The Morgan fingerprint density at radius 1 is 1.09 bits per heavy atom. The summed E-state index contributed by atoms with van der Waals surface area (Å²) in [4.78, 5) is 28.0. The molecule has 0 saturated carbocycles. The number of hydrogen-bond donors (Lipinski definition) is 1. The SMILES string of the molecule is CCn1cc(C(=O)NCc2ccc(-n3nc(-c4cccnc4)cc3C(F)(F)F)cc2)ccc1=O. The first kappa shape index (κ1) is 23.0. The van der Waals surface area contributed by atoms with Crippen LogP contribution in [0.15, 0.2) is 78.0 Å². The zero-order valence-electron chi connectivity index (χ0n) is 18.1. The van der Waals surface area contributed by atoms with Crippen molar-refractivity contribution in [2.45, 2.75) is 26.2 Å². The van der Waals surface area contributed by atoms with Crippen molar-refractivity contribution >= 4 is 5.91 Å². The van der Waals surface area contributed by atoms with Crippen molar-refractivity contribution in [1.29, 1.82) is 0 Å². The zero-order chi connectivity index (χ0) is 24.3. The fraction of sp³-hybridized carbons (Fsp3) is 0.167. The lowest BCUT2D eigenvalue weighted by Gasteiger charge is -2.11. The summed E-state index contributed by atoms with van der Waals surface area (Å²) in [7, 11) is 0. The highest BCUT2D eigenvalue weighted by molar-refractivity contribution is 5.93. The van der Waals surface area contributed by atoms with Gasteiger partial charge >= 0.3 is 6.18 Å². The molecule has 3 heterocycles. The Labute approximate surface area is 192 Å². The van der Waals surface area contributed by atoms with E-state index in [1.54, 1.807) is 31.2 Å². The van der Waals surface area contributed by atoms with E-state index in [2.05, 4.69) is 15.4 Å². The van der Waals surface area contributed by atoms with Crippen LogP contribution in [0.2, 0.25) is 0 Å². The van der Waals surface area contributed by atoms with Crippen LogP contribution >= 0.6 is 0 Å². The summed E-state index contributed by atoms with van der Waals surface area (Å²) in [5.41, 5.74) is 0.788. The van der Waals surface area contributed by atoms with Crippen molar-refractivity contribution < 1.29 is 18.0 Å². The summed E-state index contributed by atoms with van der Waals surface area (Å²) in [6, 6.07) is 13.3. The van der Waals surface area contributed by atoms with Gasteiger partial charge in [-0.05, 0) is 48.9 Å². The molecule has 0 aliphatic heterocycles. The van der Waals surface area contributed by atoms with Gasteiger partial charge in [-0.1, -0.05) is 12.1 Å². The van der Waals surface area contributed by atoms with Gasteiger partial charge < -0.3 is 9.88 Å². The number of alkyl halides is 3. The molecule has 0 spiro atoms. The number of nitrogens with zero attached hydrogens (tertiary/aromatic N) is 4. The Balaban J connectivity index is 1.53. The molecule has 1 N–H and O–H groups in total. The van der Waals surface area contributed by atoms with E-state index >= 15 is 0 Å². The molecule has 0 atom stereocenters. The molecule has 0 unspecified atom stereocenters. The minimum Gasteiger partial charge on any atom is -0.348 e. The van der Waals surface area contributed by atoms with E-state index in [0.29, 0.717) is 23.2 Å². The maximum atomic E-state index is 13.6. The van der Waals surface area contributed by atoms with Crippen molar-refractivity contribution in [2.75, 3.05) is 0 Å². The van der Waals surface area contributed by atoms with Gasteiger partial charge in [0.2, 0.25) is 0 Å². The summed E-state index contributed by atoms with van der Waals surface area (Å²) in [6.07, 6.45) is -0.139. The molecule has 1 aromatic carbocycles. The molecule has 0 radical (unpaired) electrons. The van der Waals surface area contributed by atoms with Crippen LogP contribution in [0, 0.1) is 0 Å². The van der Waals surface area contributed by atoms with E-state index in [1.807, 2.05) is 0 Å². The number of aryl methyl sites for hydroxylation is 1. The Bertz CT molecular complexity index is 1360. The average molecular weight is 467 g/mol. The molecule has 7 nitrogen and oxygen atoms in total. The first-order valence-electron chi connectivity index (χ1n) is 10.4. The number of benzene rings is 1. The Morgan fingerprint density at radius 2 is 1.85 bits per heavy atom. The Kier molecular flexibility index (Phi) is 6.31. The molecule has 0 aliphatic rings. The molecular formula is C24H20F3N5O2. The van der Waals surface area contributed by atoms with Gasteiger partial charge in [0.1, 0.15) is 5.69 Å². The topological polar surface area (TPSA) is 81.8 Å². The molecule has 174 valence electrons. The molecule has 4 aromatic rings. The van der Waals surface area contributed by atoms with Crippen molar-refractivity contribution in [1.82, 2.24) is 24.6 Å². The number of hydrogen-bond acceptors (Lipinski definition) is 4. The number of halogens is 3. The number of rotatable bonds is 6. The standard InChI is InChI=1S/C24H20F3N5O2/c1-2-31-15-18(7-10-22(31)33)23(34)29-13-16-5-8-19(9-6-16)32-21(24(25,26)27)12-20(30-32)17-4-3-11-28-14-17/h3-12,14-15H,2,13H2,1H3,(H,29,34). The number of carbonyl (C=O) groups excluding carboxylic acids is 1. The zero-order valence-corrected chi connectivity index (χ0v) is 18.1. The monoisotopic (exact) mass is 467 g/mol. The largest absolute Gasteiger partial charge is 0.433 e. The second-order valence-corrected chi connectivity index (χ2v) is 7.46. The normalized spacial score (nSPS) is 11.4. The Hall–Kier alpha value is -4.21. The number of nitrogens with one attached hydrogen (secondary N) is 1. The van der Waals surface area contributed by atoms with E-state index < -0.39 is 11.9 Å². The van der Waals surface area contributed by atoms with Crippen LogP contribution in [0.3, 0.4) is 0 Å². The highest BCUT2D eigenvalue weighted by atomic mass is 19.4. The van der Waals surface area contributed by atoms with Gasteiger partial charge in [0.15, 0.2) is 0 Å². The van der Waals surface area contributed by atoms with Crippen molar-refractivity contribution in [3.63, 3.8) is 0 Å². The smallest absolute Gasteiger partial charge is 0.348 e. The number of carbonyl (C=O) groups is 1. The summed E-state index contributed by atoms with van der Waals surface area (Å²) in [5.74, 6) is -0.362. The lowest BCUT2D eigenvalue weighted by Crippen LogP contribution is -2.26. The quantitative estimate of drug-likeness (QED) is 0.464. The predicted octanol–water partition coefficient (Wildman–Crippen LogP) is 4.06.